The summed E-state index contributed by atoms with van der Waals surface area (Å²) in [7, 11) is 0. The maximum atomic E-state index is 12.2. The van der Waals surface area contributed by atoms with E-state index in [1.165, 1.54) is 24.6 Å². The summed E-state index contributed by atoms with van der Waals surface area (Å²) in [6.45, 7) is 3.53. The average molecular weight is 438 g/mol. The van der Waals surface area contributed by atoms with Crippen LogP contribution in [-0.2, 0) is 23.9 Å². The van der Waals surface area contributed by atoms with Gasteiger partial charge in [-0.05, 0) is 32.6 Å². The number of hydrogen-bond acceptors (Lipinski definition) is 7. The second kappa shape index (κ2) is 13.1. The fraction of sp³-hybridized carbons (Fsp3) is 0.773. The first-order valence-electron chi connectivity index (χ1n) is 11.4. The molecule has 0 aromatic heterocycles. The van der Waals surface area contributed by atoms with Crippen molar-refractivity contribution in [2.24, 2.45) is 11.0 Å². The number of imide groups is 1. The van der Waals surface area contributed by atoms with Crippen LogP contribution in [0.25, 0.3) is 0 Å². The summed E-state index contributed by atoms with van der Waals surface area (Å²) in [5.74, 6) is -0.761. The summed E-state index contributed by atoms with van der Waals surface area (Å²) in [5.41, 5.74) is 0. The maximum absolute atomic E-state index is 12.2. The number of ether oxygens (including phenoxy) is 2. The molecular weight excluding hydrogens is 402 g/mol. The molecule has 174 valence electrons. The molecule has 9 heteroatoms. The van der Waals surface area contributed by atoms with E-state index in [4.69, 9.17) is 9.47 Å². The number of unbranched alkanes of at least 4 members (excludes halogenated alkanes) is 3. The molecule has 1 saturated carbocycles. The largest absolute Gasteiger partial charge is 0.466 e. The number of rotatable bonds is 12. The van der Waals surface area contributed by atoms with Crippen LogP contribution in [-0.4, -0.2) is 53.9 Å². The summed E-state index contributed by atoms with van der Waals surface area (Å²) in [4.78, 5) is 47.3. The monoisotopic (exact) mass is 437 g/mol. The van der Waals surface area contributed by atoms with Gasteiger partial charge in [-0.3, -0.25) is 19.7 Å². The van der Waals surface area contributed by atoms with Crippen molar-refractivity contribution in [3.8, 4) is 0 Å². The molecule has 2 unspecified atom stereocenters. The van der Waals surface area contributed by atoms with Crippen LogP contribution in [0.5, 0.6) is 0 Å². The second-order valence-electron chi connectivity index (χ2n) is 8.15. The highest BCUT2D eigenvalue weighted by Crippen LogP contribution is 2.28. The highest BCUT2D eigenvalue weighted by atomic mass is 16.5. The van der Waals surface area contributed by atoms with E-state index in [0.717, 1.165) is 51.4 Å². The third kappa shape index (κ3) is 8.30. The molecule has 0 radical (unpaired) electrons. The van der Waals surface area contributed by atoms with Crippen LogP contribution in [0.2, 0.25) is 0 Å². The molecule has 0 aromatic rings. The lowest BCUT2D eigenvalue weighted by molar-refractivity contribution is -0.145. The fourth-order valence-corrected chi connectivity index (χ4v) is 4.12. The lowest BCUT2D eigenvalue weighted by atomic mass is 9.85. The quantitative estimate of drug-likeness (QED) is 0.217. The van der Waals surface area contributed by atoms with Gasteiger partial charge in [0.05, 0.1) is 12.8 Å². The minimum absolute atomic E-state index is 0.181. The number of nitrogens with one attached hydrogen (secondary N) is 1. The van der Waals surface area contributed by atoms with Crippen molar-refractivity contribution in [2.75, 3.05) is 6.61 Å². The Morgan fingerprint density at radius 2 is 1.87 bits per heavy atom. The lowest BCUT2D eigenvalue weighted by Gasteiger charge is -2.27. The molecule has 1 heterocycles. The Bertz CT molecular complexity index is 660. The van der Waals surface area contributed by atoms with E-state index in [1.807, 2.05) is 0 Å². The van der Waals surface area contributed by atoms with E-state index >= 15 is 0 Å². The molecule has 9 nitrogen and oxygen atoms in total. The molecule has 2 rings (SSSR count). The van der Waals surface area contributed by atoms with Gasteiger partial charge in [-0.1, -0.05) is 38.5 Å². The topological polar surface area (TPSA) is 114 Å². The minimum Gasteiger partial charge on any atom is -0.466 e. The Morgan fingerprint density at radius 1 is 1.16 bits per heavy atom. The van der Waals surface area contributed by atoms with Crippen LogP contribution < -0.4 is 5.32 Å². The summed E-state index contributed by atoms with van der Waals surface area (Å²) in [6, 6.07) is -1.23. The third-order valence-corrected chi connectivity index (χ3v) is 5.70. The van der Waals surface area contributed by atoms with Crippen LogP contribution in [0.3, 0.4) is 0 Å². The molecule has 0 spiro atoms. The van der Waals surface area contributed by atoms with Crippen molar-refractivity contribution in [1.82, 2.24) is 10.3 Å². The number of hydrazone groups is 1. The van der Waals surface area contributed by atoms with Gasteiger partial charge in [-0.25, -0.2) is 9.80 Å². The zero-order valence-corrected chi connectivity index (χ0v) is 18.6. The molecule has 31 heavy (non-hydrogen) atoms. The number of carbonyl (C=O) groups excluding carboxylic acids is 4. The minimum atomic E-state index is -0.668. The average Bonchev–Trinajstić information content (AvgIpc) is 3.00. The summed E-state index contributed by atoms with van der Waals surface area (Å²) >= 11 is 0. The number of hydrogen-bond donors (Lipinski definition) is 1. The Kier molecular flexibility index (Phi) is 10.5. The van der Waals surface area contributed by atoms with Crippen LogP contribution >= 0.6 is 0 Å². The van der Waals surface area contributed by atoms with E-state index < -0.39 is 18.2 Å². The highest BCUT2D eigenvalue weighted by molar-refractivity contribution is 6.04. The molecule has 0 aromatic carbocycles. The van der Waals surface area contributed by atoms with E-state index in [1.54, 1.807) is 6.92 Å². The molecule has 2 aliphatic rings. The second-order valence-corrected chi connectivity index (χ2v) is 8.15. The van der Waals surface area contributed by atoms with Gasteiger partial charge in [0, 0.05) is 19.3 Å². The summed E-state index contributed by atoms with van der Waals surface area (Å²) < 4.78 is 10.3. The SMILES string of the molecule is CCOC(=O)CCCCCCC1C(=O)NC(=O)N1N=CC(OC(C)=O)C1CCCCC1. The van der Waals surface area contributed by atoms with Gasteiger partial charge in [0.15, 0.2) is 0 Å². The van der Waals surface area contributed by atoms with Gasteiger partial charge in [-0.15, -0.1) is 0 Å². The van der Waals surface area contributed by atoms with Crippen molar-refractivity contribution in [3.63, 3.8) is 0 Å². The van der Waals surface area contributed by atoms with Gasteiger partial charge >= 0.3 is 18.0 Å². The summed E-state index contributed by atoms with van der Waals surface area (Å²) in [6.07, 6.45) is 10.3. The standard InChI is InChI=1S/C22H35N3O6/c1-3-30-20(27)14-10-5-4-9-13-18-21(28)24-22(29)25(18)23-15-19(31-16(2)26)17-11-7-6-8-12-17/h15,17-19H,3-14H2,1-2H3,(H,24,28,29). The van der Waals surface area contributed by atoms with Gasteiger partial charge < -0.3 is 9.47 Å². The highest BCUT2D eigenvalue weighted by Gasteiger charge is 2.38. The van der Waals surface area contributed by atoms with Crippen molar-refractivity contribution >= 4 is 30.1 Å². The van der Waals surface area contributed by atoms with Gasteiger partial charge in [0.2, 0.25) is 0 Å². The molecule has 1 aliphatic heterocycles. The van der Waals surface area contributed by atoms with Crippen molar-refractivity contribution < 1.29 is 28.7 Å². The predicted octanol–water partition coefficient (Wildman–Crippen LogP) is 3.31. The van der Waals surface area contributed by atoms with Crippen LogP contribution in [0.4, 0.5) is 4.79 Å². The third-order valence-electron chi connectivity index (χ3n) is 5.70. The van der Waals surface area contributed by atoms with Crippen LogP contribution in [0.1, 0.15) is 84.5 Å². The Hall–Kier alpha value is -2.45. The number of esters is 2. The Morgan fingerprint density at radius 3 is 2.55 bits per heavy atom. The fourth-order valence-electron chi connectivity index (χ4n) is 4.12. The van der Waals surface area contributed by atoms with Crippen LogP contribution in [0.15, 0.2) is 5.10 Å². The summed E-state index contributed by atoms with van der Waals surface area (Å²) in [5, 5.41) is 7.73. The number of urea groups is 1. The van der Waals surface area contributed by atoms with E-state index in [0.29, 0.717) is 19.4 Å². The Balaban J connectivity index is 1.86. The van der Waals surface area contributed by atoms with Crippen molar-refractivity contribution in [3.05, 3.63) is 0 Å². The molecule has 2 fully saturated rings. The lowest BCUT2D eigenvalue weighted by Crippen LogP contribution is -2.34. The molecule has 1 aliphatic carbocycles. The molecule has 0 bridgehead atoms. The zero-order chi connectivity index (χ0) is 22.6. The first-order chi connectivity index (χ1) is 14.9. The first kappa shape index (κ1) is 24.8. The Labute approximate surface area is 183 Å². The first-order valence-corrected chi connectivity index (χ1v) is 11.4. The molecular formula is C22H35N3O6. The number of nitrogens with zero attached hydrogens (tertiary/aromatic N) is 2. The van der Waals surface area contributed by atoms with Crippen molar-refractivity contribution in [2.45, 2.75) is 96.6 Å². The van der Waals surface area contributed by atoms with E-state index in [-0.39, 0.29) is 23.8 Å². The maximum Gasteiger partial charge on any atom is 0.345 e. The number of carbonyl (C=O) groups is 4. The van der Waals surface area contributed by atoms with E-state index in [9.17, 15) is 19.2 Å². The predicted molar refractivity (Wildman–Crippen MR) is 114 cm³/mol. The molecule has 3 amide bonds. The molecule has 1 N–H and O–H groups in total. The normalized spacial score (nSPS) is 20.7. The van der Waals surface area contributed by atoms with Crippen molar-refractivity contribution in [1.29, 1.82) is 0 Å². The van der Waals surface area contributed by atoms with Crippen LogP contribution in [0, 0.1) is 5.92 Å². The molecule has 1 saturated heterocycles. The molecule has 2 atom stereocenters. The van der Waals surface area contributed by atoms with Gasteiger partial charge in [0.25, 0.3) is 5.91 Å². The number of amides is 3. The van der Waals surface area contributed by atoms with Gasteiger partial charge in [-0.2, -0.15) is 5.10 Å². The smallest absolute Gasteiger partial charge is 0.345 e. The zero-order valence-electron chi connectivity index (χ0n) is 18.6. The van der Waals surface area contributed by atoms with Gasteiger partial charge in [0.1, 0.15) is 12.1 Å². The van der Waals surface area contributed by atoms with E-state index in [2.05, 4.69) is 10.4 Å².